The van der Waals surface area contributed by atoms with Gasteiger partial charge in [-0.25, -0.2) is 9.18 Å². The highest BCUT2D eigenvalue weighted by atomic mass is 35.5. The number of benzene rings is 1. The van der Waals surface area contributed by atoms with E-state index in [9.17, 15) is 18.8 Å². The molecule has 0 unspecified atom stereocenters. The molecule has 25 heavy (non-hydrogen) atoms. The van der Waals surface area contributed by atoms with Crippen molar-refractivity contribution in [3.63, 3.8) is 0 Å². The Morgan fingerprint density at radius 2 is 2.00 bits per heavy atom. The van der Waals surface area contributed by atoms with Crippen molar-refractivity contribution in [1.29, 1.82) is 0 Å². The summed E-state index contributed by atoms with van der Waals surface area (Å²) in [5, 5.41) is 2.57. The van der Waals surface area contributed by atoms with Crippen molar-refractivity contribution in [2.24, 2.45) is 5.92 Å². The second-order valence-corrected chi connectivity index (χ2v) is 5.90. The Hall–Kier alpha value is -2.15. The Balaban J connectivity index is 2.57. The highest BCUT2D eigenvalue weighted by molar-refractivity contribution is 6.31. The van der Waals surface area contributed by atoms with Gasteiger partial charge >= 0.3 is 11.9 Å². The van der Waals surface area contributed by atoms with Gasteiger partial charge in [-0.15, -0.1) is 0 Å². The fourth-order valence-corrected chi connectivity index (χ4v) is 2.28. The molecule has 0 aliphatic carbocycles. The molecule has 0 fully saturated rings. The van der Waals surface area contributed by atoms with Crippen molar-refractivity contribution in [2.45, 2.75) is 32.7 Å². The number of hydrogen-bond acceptors (Lipinski definition) is 5. The summed E-state index contributed by atoms with van der Waals surface area (Å²) in [6, 6.07) is 3.21. The number of rotatable bonds is 8. The molecule has 0 aliphatic rings. The number of carbonyl (C=O) groups is 3. The van der Waals surface area contributed by atoms with E-state index in [1.54, 1.807) is 6.92 Å². The second-order valence-electron chi connectivity index (χ2n) is 5.49. The zero-order chi connectivity index (χ0) is 19.0. The van der Waals surface area contributed by atoms with Gasteiger partial charge in [-0.05, 0) is 18.1 Å². The summed E-state index contributed by atoms with van der Waals surface area (Å²) in [7, 11) is 1.22. The third-order valence-electron chi connectivity index (χ3n) is 3.73. The van der Waals surface area contributed by atoms with Gasteiger partial charge in [0.25, 0.3) is 5.91 Å². The predicted octanol–water partition coefficient (Wildman–Crippen LogP) is 2.27. The van der Waals surface area contributed by atoms with Crippen LogP contribution in [0.15, 0.2) is 18.2 Å². The van der Waals surface area contributed by atoms with Crippen LogP contribution >= 0.6 is 11.6 Å². The van der Waals surface area contributed by atoms with Crippen LogP contribution in [0, 0.1) is 11.7 Å². The molecule has 0 saturated heterocycles. The van der Waals surface area contributed by atoms with E-state index in [-0.39, 0.29) is 16.5 Å². The van der Waals surface area contributed by atoms with Crippen LogP contribution in [-0.4, -0.2) is 37.6 Å². The molecule has 0 bridgehead atoms. The van der Waals surface area contributed by atoms with Gasteiger partial charge in [0.1, 0.15) is 11.9 Å². The Kier molecular flexibility index (Phi) is 8.34. The number of esters is 2. The van der Waals surface area contributed by atoms with Crippen LogP contribution in [0.4, 0.5) is 4.39 Å². The van der Waals surface area contributed by atoms with E-state index in [1.807, 2.05) is 6.92 Å². The minimum absolute atomic E-state index is 0.00150. The molecule has 0 aliphatic heterocycles. The normalized spacial score (nSPS) is 12.8. The summed E-state index contributed by atoms with van der Waals surface area (Å²) in [5.74, 6) is -2.81. The second kappa shape index (κ2) is 9.98. The van der Waals surface area contributed by atoms with Gasteiger partial charge in [-0.3, -0.25) is 9.59 Å². The Bertz CT molecular complexity index is 617. The van der Waals surface area contributed by atoms with Gasteiger partial charge in [0.15, 0.2) is 6.61 Å². The molecule has 0 heterocycles. The lowest BCUT2D eigenvalue weighted by Crippen LogP contribution is -2.47. The maximum Gasteiger partial charge on any atom is 0.328 e. The molecular weight excluding hydrogens is 353 g/mol. The fourth-order valence-electron chi connectivity index (χ4n) is 2.05. The maximum absolute atomic E-state index is 13.6. The first-order valence-corrected chi connectivity index (χ1v) is 8.13. The highest BCUT2D eigenvalue weighted by Crippen LogP contribution is 2.19. The molecule has 1 aromatic carbocycles. The van der Waals surface area contributed by atoms with Crippen molar-refractivity contribution < 1.29 is 28.2 Å². The SMILES string of the molecule is CC[C@@H](C)[C@H](NC(=O)COC(=O)Cc1c(F)cccc1Cl)C(=O)OC. The molecule has 138 valence electrons. The minimum atomic E-state index is -0.831. The molecule has 1 rings (SSSR count). The Labute approximate surface area is 150 Å². The zero-order valence-electron chi connectivity index (χ0n) is 14.3. The summed E-state index contributed by atoms with van der Waals surface area (Å²) < 4.78 is 23.1. The van der Waals surface area contributed by atoms with Crippen molar-refractivity contribution >= 4 is 29.4 Å². The van der Waals surface area contributed by atoms with Crippen LogP contribution in [0.3, 0.4) is 0 Å². The number of methoxy groups -OCH3 is 1. The largest absolute Gasteiger partial charge is 0.467 e. The van der Waals surface area contributed by atoms with E-state index in [1.165, 1.54) is 25.3 Å². The van der Waals surface area contributed by atoms with Crippen LogP contribution in [0.5, 0.6) is 0 Å². The molecule has 1 amide bonds. The molecule has 6 nitrogen and oxygen atoms in total. The first-order valence-electron chi connectivity index (χ1n) is 7.75. The number of hydrogen-bond donors (Lipinski definition) is 1. The topological polar surface area (TPSA) is 81.7 Å². The molecule has 0 spiro atoms. The van der Waals surface area contributed by atoms with Gasteiger partial charge < -0.3 is 14.8 Å². The third kappa shape index (κ3) is 6.34. The molecule has 0 aromatic heterocycles. The number of ether oxygens (including phenoxy) is 2. The standard InChI is InChI=1S/C17H21ClFNO5/c1-4-10(2)16(17(23)24-3)20-14(21)9-25-15(22)8-11-12(18)6-5-7-13(11)19/h5-7,10,16H,4,8-9H2,1-3H3,(H,20,21)/t10-,16+/m1/s1. The van der Waals surface area contributed by atoms with Crippen molar-refractivity contribution in [3.8, 4) is 0 Å². The Morgan fingerprint density at radius 3 is 2.56 bits per heavy atom. The van der Waals surface area contributed by atoms with E-state index in [4.69, 9.17) is 16.3 Å². The quantitative estimate of drug-likeness (QED) is 0.707. The van der Waals surface area contributed by atoms with E-state index >= 15 is 0 Å². The molecule has 1 N–H and O–H groups in total. The van der Waals surface area contributed by atoms with E-state index in [0.717, 1.165) is 0 Å². The number of amides is 1. The summed E-state index contributed by atoms with van der Waals surface area (Å²) in [6.07, 6.45) is 0.246. The molecule has 8 heteroatoms. The fraction of sp³-hybridized carbons (Fsp3) is 0.471. The average Bonchev–Trinajstić information content (AvgIpc) is 2.59. The lowest BCUT2D eigenvalue weighted by Gasteiger charge is -2.21. The van der Waals surface area contributed by atoms with Crippen LogP contribution < -0.4 is 5.32 Å². The summed E-state index contributed by atoms with van der Waals surface area (Å²) in [5.41, 5.74) is 0.00150. The lowest BCUT2D eigenvalue weighted by atomic mass is 9.99. The van der Waals surface area contributed by atoms with Crippen LogP contribution in [0.2, 0.25) is 5.02 Å². The van der Waals surface area contributed by atoms with Gasteiger partial charge in [0.05, 0.1) is 13.5 Å². The lowest BCUT2D eigenvalue weighted by molar-refractivity contribution is -0.150. The number of carbonyl (C=O) groups excluding carboxylic acids is 3. The van der Waals surface area contributed by atoms with Crippen LogP contribution in [-0.2, 0) is 30.3 Å². The maximum atomic E-state index is 13.6. The smallest absolute Gasteiger partial charge is 0.328 e. The predicted molar refractivity (Wildman–Crippen MR) is 89.5 cm³/mol. The molecule has 1 aromatic rings. The van der Waals surface area contributed by atoms with Crippen molar-refractivity contribution in [1.82, 2.24) is 5.32 Å². The van der Waals surface area contributed by atoms with Gasteiger partial charge in [-0.1, -0.05) is 37.9 Å². The molecule has 2 atom stereocenters. The summed E-state index contributed by atoms with van der Waals surface area (Å²) in [6.45, 7) is 3.06. The van der Waals surface area contributed by atoms with Gasteiger partial charge in [-0.2, -0.15) is 0 Å². The van der Waals surface area contributed by atoms with E-state index in [0.29, 0.717) is 6.42 Å². The molecule has 0 saturated carbocycles. The van der Waals surface area contributed by atoms with Crippen LogP contribution in [0.1, 0.15) is 25.8 Å². The van der Waals surface area contributed by atoms with Crippen LogP contribution in [0.25, 0.3) is 0 Å². The van der Waals surface area contributed by atoms with E-state index < -0.39 is 42.7 Å². The first-order chi connectivity index (χ1) is 11.8. The molecule has 0 radical (unpaired) electrons. The van der Waals surface area contributed by atoms with Crippen molar-refractivity contribution in [2.75, 3.05) is 13.7 Å². The molecular formula is C17H21ClFNO5. The number of halogens is 2. The minimum Gasteiger partial charge on any atom is -0.467 e. The first kappa shape index (κ1) is 20.9. The summed E-state index contributed by atoms with van der Waals surface area (Å²) in [4.78, 5) is 35.4. The number of nitrogens with one attached hydrogen (secondary N) is 1. The average molecular weight is 374 g/mol. The van der Waals surface area contributed by atoms with Gasteiger partial charge in [0.2, 0.25) is 0 Å². The monoisotopic (exact) mass is 373 g/mol. The highest BCUT2D eigenvalue weighted by Gasteiger charge is 2.27. The zero-order valence-corrected chi connectivity index (χ0v) is 15.1. The summed E-state index contributed by atoms with van der Waals surface area (Å²) >= 11 is 5.83. The van der Waals surface area contributed by atoms with E-state index in [2.05, 4.69) is 10.1 Å². The third-order valence-corrected chi connectivity index (χ3v) is 4.09. The van der Waals surface area contributed by atoms with Gasteiger partial charge in [0, 0.05) is 10.6 Å². The Morgan fingerprint density at radius 1 is 1.32 bits per heavy atom. The van der Waals surface area contributed by atoms with Crippen molar-refractivity contribution in [3.05, 3.63) is 34.6 Å².